The SMILES string of the molecule is CCC1CCCCC1Nc1nnc(Br)s1. The molecular formula is C10H16BrN3S. The molecule has 2 rings (SSSR count). The molecule has 1 aromatic rings. The monoisotopic (exact) mass is 289 g/mol. The molecule has 0 spiro atoms. The van der Waals surface area contributed by atoms with Gasteiger partial charge in [-0.3, -0.25) is 0 Å². The normalized spacial score (nSPS) is 26.5. The van der Waals surface area contributed by atoms with Gasteiger partial charge in [0.2, 0.25) is 5.13 Å². The summed E-state index contributed by atoms with van der Waals surface area (Å²) in [6.07, 6.45) is 6.62. The van der Waals surface area contributed by atoms with Crippen LogP contribution in [0.1, 0.15) is 39.0 Å². The number of halogens is 1. The molecule has 1 N–H and O–H groups in total. The average Bonchev–Trinajstić information content (AvgIpc) is 2.65. The third kappa shape index (κ3) is 2.91. The molecule has 1 aliphatic rings. The summed E-state index contributed by atoms with van der Waals surface area (Å²) in [4.78, 5) is 0. The second-order valence-corrected chi connectivity index (χ2v) is 6.32. The van der Waals surface area contributed by atoms with E-state index < -0.39 is 0 Å². The first-order valence-electron chi connectivity index (χ1n) is 5.55. The van der Waals surface area contributed by atoms with Crippen molar-refractivity contribution in [3.05, 3.63) is 3.92 Å². The second kappa shape index (κ2) is 5.25. The minimum atomic E-state index is 0.601. The van der Waals surface area contributed by atoms with E-state index in [-0.39, 0.29) is 0 Å². The van der Waals surface area contributed by atoms with Gasteiger partial charge in [-0.25, -0.2) is 0 Å². The van der Waals surface area contributed by atoms with Crippen LogP contribution in [-0.2, 0) is 0 Å². The van der Waals surface area contributed by atoms with Gasteiger partial charge in [-0.2, -0.15) is 0 Å². The number of anilines is 1. The first kappa shape index (κ1) is 11.3. The Morgan fingerprint density at radius 3 is 2.87 bits per heavy atom. The number of hydrogen-bond acceptors (Lipinski definition) is 4. The molecule has 5 heteroatoms. The topological polar surface area (TPSA) is 37.8 Å². The van der Waals surface area contributed by atoms with Crippen molar-refractivity contribution in [2.24, 2.45) is 5.92 Å². The van der Waals surface area contributed by atoms with Crippen LogP contribution in [0.4, 0.5) is 5.13 Å². The molecule has 1 fully saturated rings. The standard InChI is InChI=1S/C10H16BrN3S/c1-2-7-5-3-4-6-8(7)12-10-14-13-9(11)15-10/h7-8H,2-6H2,1H3,(H,12,14). The maximum atomic E-state index is 4.09. The van der Waals surface area contributed by atoms with Gasteiger partial charge in [0.05, 0.1) is 0 Å². The molecule has 84 valence electrons. The van der Waals surface area contributed by atoms with E-state index in [0.29, 0.717) is 6.04 Å². The van der Waals surface area contributed by atoms with E-state index >= 15 is 0 Å². The van der Waals surface area contributed by atoms with Crippen molar-refractivity contribution >= 4 is 32.4 Å². The van der Waals surface area contributed by atoms with Gasteiger partial charge < -0.3 is 5.32 Å². The predicted octanol–water partition coefficient (Wildman–Crippen LogP) is 3.68. The molecule has 15 heavy (non-hydrogen) atoms. The zero-order valence-electron chi connectivity index (χ0n) is 8.87. The van der Waals surface area contributed by atoms with Crippen LogP contribution in [0, 0.1) is 5.92 Å². The van der Waals surface area contributed by atoms with Crippen LogP contribution >= 0.6 is 27.3 Å². The smallest absolute Gasteiger partial charge is 0.206 e. The average molecular weight is 290 g/mol. The fourth-order valence-electron chi connectivity index (χ4n) is 2.31. The van der Waals surface area contributed by atoms with Crippen molar-refractivity contribution in [2.75, 3.05) is 5.32 Å². The molecule has 1 saturated carbocycles. The van der Waals surface area contributed by atoms with Crippen molar-refractivity contribution in [1.29, 1.82) is 0 Å². The molecule has 0 aliphatic heterocycles. The highest BCUT2D eigenvalue weighted by Gasteiger charge is 2.24. The van der Waals surface area contributed by atoms with Gasteiger partial charge in [0.25, 0.3) is 0 Å². The highest BCUT2D eigenvalue weighted by Crippen LogP contribution is 2.30. The number of rotatable bonds is 3. The Morgan fingerprint density at radius 1 is 1.40 bits per heavy atom. The van der Waals surface area contributed by atoms with E-state index in [4.69, 9.17) is 0 Å². The van der Waals surface area contributed by atoms with E-state index in [2.05, 4.69) is 38.4 Å². The van der Waals surface area contributed by atoms with Crippen LogP contribution in [0.5, 0.6) is 0 Å². The van der Waals surface area contributed by atoms with Crippen LogP contribution in [0.15, 0.2) is 3.92 Å². The molecule has 0 bridgehead atoms. The third-order valence-corrected chi connectivity index (χ3v) is 4.43. The Morgan fingerprint density at radius 2 is 2.20 bits per heavy atom. The molecule has 0 saturated heterocycles. The van der Waals surface area contributed by atoms with E-state index in [1.54, 1.807) is 11.3 Å². The van der Waals surface area contributed by atoms with E-state index in [1.165, 1.54) is 32.1 Å². The van der Waals surface area contributed by atoms with Crippen molar-refractivity contribution in [3.8, 4) is 0 Å². The van der Waals surface area contributed by atoms with Crippen LogP contribution < -0.4 is 5.32 Å². The Bertz CT molecular complexity index is 315. The Hall–Kier alpha value is -0.160. The summed E-state index contributed by atoms with van der Waals surface area (Å²) in [7, 11) is 0. The molecule has 3 nitrogen and oxygen atoms in total. The van der Waals surface area contributed by atoms with Gasteiger partial charge in [0.1, 0.15) is 0 Å². The molecule has 0 aromatic carbocycles. The Labute approximate surface area is 103 Å². The number of aromatic nitrogens is 2. The summed E-state index contributed by atoms with van der Waals surface area (Å²) >= 11 is 4.91. The fraction of sp³-hybridized carbons (Fsp3) is 0.800. The van der Waals surface area contributed by atoms with Gasteiger partial charge in [-0.1, -0.05) is 37.5 Å². The van der Waals surface area contributed by atoms with Crippen LogP contribution in [0.25, 0.3) is 0 Å². The van der Waals surface area contributed by atoms with Gasteiger partial charge in [0, 0.05) is 6.04 Å². The third-order valence-electron chi connectivity index (χ3n) is 3.14. The quantitative estimate of drug-likeness (QED) is 0.922. The largest absolute Gasteiger partial charge is 0.357 e. The number of nitrogens with zero attached hydrogens (tertiary/aromatic N) is 2. The van der Waals surface area contributed by atoms with E-state index in [9.17, 15) is 0 Å². The first-order valence-corrected chi connectivity index (χ1v) is 7.16. The lowest BCUT2D eigenvalue weighted by molar-refractivity contribution is 0.317. The Balaban J connectivity index is 1.97. The van der Waals surface area contributed by atoms with Crippen molar-refractivity contribution < 1.29 is 0 Å². The molecule has 1 aliphatic carbocycles. The summed E-state index contributed by atoms with van der Waals surface area (Å²) < 4.78 is 0.855. The van der Waals surface area contributed by atoms with E-state index in [1.807, 2.05) is 0 Å². The molecule has 1 aromatic heterocycles. The zero-order chi connectivity index (χ0) is 10.7. The number of nitrogens with one attached hydrogen (secondary N) is 1. The number of hydrogen-bond donors (Lipinski definition) is 1. The van der Waals surface area contributed by atoms with Crippen LogP contribution in [-0.4, -0.2) is 16.2 Å². The lowest BCUT2D eigenvalue weighted by atomic mass is 9.83. The molecule has 1 heterocycles. The molecule has 0 amide bonds. The molecule has 2 atom stereocenters. The van der Waals surface area contributed by atoms with Crippen LogP contribution in [0.3, 0.4) is 0 Å². The van der Waals surface area contributed by atoms with Gasteiger partial charge in [0.15, 0.2) is 3.92 Å². The van der Waals surface area contributed by atoms with Crippen molar-refractivity contribution in [2.45, 2.75) is 45.1 Å². The van der Waals surface area contributed by atoms with Crippen molar-refractivity contribution in [1.82, 2.24) is 10.2 Å². The van der Waals surface area contributed by atoms with Crippen LogP contribution in [0.2, 0.25) is 0 Å². The minimum absolute atomic E-state index is 0.601. The second-order valence-electron chi connectivity index (χ2n) is 4.06. The summed E-state index contributed by atoms with van der Waals surface area (Å²) in [5.74, 6) is 0.807. The lowest BCUT2D eigenvalue weighted by Crippen LogP contribution is -2.31. The zero-order valence-corrected chi connectivity index (χ0v) is 11.3. The Kier molecular flexibility index (Phi) is 3.97. The molecule has 0 radical (unpaired) electrons. The summed E-state index contributed by atoms with van der Waals surface area (Å²) in [5, 5.41) is 12.5. The highest BCUT2D eigenvalue weighted by molar-refractivity contribution is 9.11. The van der Waals surface area contributed by atoms with Gasteiger partial charge in [-0.05, 0) is 34.7 Å². The van der Waals surface area contributed by atoms with E-state index in [0.717, 1.165) is 15.0 Å². The minimum Gasteiger partial charge on any atom is -0.357 e. The summed E-state index contributed by atoms with van der Waals surface area (Å²) in [6, 6.07) is 0.601. The summed E-state index contributed by atoms with van der Waals surface area (Å²) in [5.41, 5.74) is 0. The molecular weight excluding hydrogens is 274 g/mol. The first-order chi connectivity index (χ1) is 7.29. The highest BCUT2D eigenvalue weighted by atomic mass is 79.9. The fourth-order valence-corrected chi connectivity index (χ4v) is 3.38. The lowest BCUT2D eigenvalue weighted by Gasteiger charge is -2.31. The predicted molar refractivity (Wildman–Crippen MR) is 67.3 cm³/mol. The van der Waals surface area contributed by atoms with Gasteiger partial charge in [-0.15, -0.1) is 10.2 Å². The maximum Gasteiger partial charge on any atom is 0.206 e. The molecule has 2 unspecified atom stereocenters. The van der Waals surface area contributed by atoms with Gasteiger partial charge >= 0.3 is 0 Å². The van der Waals surface area contributed by atoms with Crippen molar-refractivity contribution in [3.63, 3.8) is 0 Å². The maximum absolute atomic E-state index is 4.09. The summed E-state index contributed by atoms with van der Waals surface area (Å²) in [6.45, 7) is 2.28.